The van der Waals surface area contributed by atoms with E-state index in [2.05, 4.69) is 17.1 Å². The van der Waals surface area contributed by atoms with E-state index < -0.39 is 0 Å². The Bertz CT molecular complexity index is 454. The highest BCUT2D eigenvalue weighted by Crippen LogP contribution is 2.29. The molecule has 5 nitrogen and oxygen atoms in total. The molecule has 1 saturated carbocycles. The Hall–Kier alpha value is -1.10. The van der Waals surface area contributed by atoms with Crippen LogP contribution >= 0.6 is 0 Å². The van der Waals surface area contributed by atoms with Crippen molar-refractivity contribution in [2.24, 2.45) is 11.8 Å². The van der Waals surface area contributed by atoms with E-state index in [9.17, 15) is 9.59 Å². The zero-order valence-corrected chi connectivity index (χ0v) is 15.8. The van der Waals surface area contributed by atoms with Crippen LogP contribution in [0.1, 0.15) is 64.7 Å². The predicted molar refractivity (Wildman–Crippen MR) is 99.2 cm³/mol. The fourth-order valence-corrected chi connectivity index (χ4v) is 4.89. The van der Waals surface area contributed by atoms with Crippen molar-refractivity contribution in [3.05, 3.63) is 0 Å². The van der Waals surface area contributed by atoms with E-state index in [1.807, 2.05) is 4.90 Å². The lowest BCUT2D eigenvalue weighted by Gasteiger charge is -2.32. The van der Waals surface area contributed by atoms with E-state index in [4.69, 9.17) is 0 Å². The molecule has 2 heterocycles. The maximum Gasteiger partial charge on any atom is 0.223 e. The molecule has 0 aromatic rings. The molecular formula is C20H35N3O2. The van der Waals surface area contributed by atoms with Gasteiger partial charge in [-0.25, -0.2) is 0 Å². The van der Waals surface area contributed by atoms with E-state index in [1.165, 1.54) is 45.1 Å². The van der Waals surface area contributed by atoms with E-state index in [0.717, 1.165) is 45.4 Å². The van der Waals surface area contributed by atoms with Crippen LogP contribution in [0, 0.1) is 11.8 Å². The van der Waals surface area contributed by atoms with Crippen LogP contribution in [-0.4, -0.2) is 60.4 Å². The number of amides is 2. The van der Waals surface area contributed by atoms with Gasteiger partial charge in [0.1, 0.15) is 0 Å². The molecule has 25 heavy (non-hydrogen) atoms. The minimum absolute atomic E-state index is 0.0898. The van der Waals surface area contributed by atoms with Crippen LogP contribution in [-0.2, 0) is 9.59 Å². The smallest absolute Gasteiger partial charge is 0.223 e. The van der Waals surface area contributed by atoms with Gasteiger partial charge in [0.2, 0.25) is 11.8 Å². The van der Waals surface area contributed by atoms with Crippen molar-refractivity contribution in [2.45, 2.75) is 70.8 Å². The molecule has 142 valence electrons. The summed E-state index contributed by atoms with van der Waals surface area (Å²) in [5.41, 5.74) is 0. The third-order valence-electron chi connectivity index (χ3n) is 6.57. The Labute approximate surface area is 152 Å². The molecule has 0 spiro atoms. The second-order valence-electron chi connectivity index (χ2n) is 8.18. The number of carbonyl (C=O) groups is 2. The number of likely N-dealkylation sites (N-methyl/N-ethyl adjacent to an activating group) is 1. The minimum atomic E-state index is 0.0898. The maximum atomic E-state index is 12.5. The standard InChI is InChI=1S/C20H35N3O2/c1-2-22-11-5-8-18(22)15-21-20(25)17-9-12-23(13-10-17)19(24)14-16-6-3-4-7-16/h16-18H,2-15H2,1H3,(H,21,25)/t18-/m0/s1. The van der Waals surface area contributed by atoms with Gasteiger partial charge >= 0.3 is 0 Å². The van der Waals surface area contributed by atoms with E-state index in [-0.39, 0.29) is 11.8 Å². The van der Waals surface area contributed by atoms with Gasteiger partial charge in [0.05, 0.1) is 0 Å². The largest absolute Gasteiger partial charge is 0.354 e. The Morgan fingerprint density at radius 2 is 1.68 bits per heavy atom. The highest BCUT2D eigenvalue weighted by molar-refractivity contribution is 5.80. The number of rotatable bonds is 6. The van der Waals surface area contributed by atoms with Gasteiger partial charge in [0.15, 0.2) is 0 Å². The SMILES string of the molecule is CCN1CCC[C@H]1CNC(=O)C1CCN(C(=O)CC2CCCC2)CC1. The molecule has 3 aliphatic rings. The minimum Gasteiger partial charge on any atom is -0.354 e. The first-order valence-electron chi connectivity index (χ1n) is 10.5. The molecular weight excluding hydrogens is 314 g/mol. The average Bonchev–Trinajstić information content (AvgIpc) is 3.31. The van der Waals surface area contributed by atoms with Gasteiger partial charge in [0, 0.05) is 38.0 Å². The quantitative estimate of drug-likeness (QED) is 0.801. The molecule has 2 amide bonds. The number of carbonyl (C=O) groups excluding carboxylic acids is 2. The molecule has 3 fully saturated rings. The van der Waals surface area contributed by atoms with Gasteiger partial charge in [-0.3, -0.25) is 14.5 Å². The van der Waals surface area contributed by atoms with Crippen LogP contribution in [0.4, 0.5) is 0 Å². The summed E-state index contributed by atoms with van der Waals surface area (Å²) in [6.45, 7) is 6.73. The summed E-state index contributed by atoms with van der Waals surface area (Å²) < 4.78 is 0. The van der Waals surface area contributed by atoms with E-state index in [0.29, 0.717) is 17.9 Å². The summed E-state index contributed by atoms with van der Waals surface area (Å²) in [5, 5.41) is 3.18. The summed E-state index contributed by atoms with van der Waals surface area (Å²) >= 11 is 0. The topological polar surface area (TPSA) is 52.7 Å². The van der Waals surface area contributed by atoms with Crippen molar-refractivity contribution in [1.82, 2.24) is 15.1 Å². The van der Waals surface area contributed by atoms with Gasteiger partial charge < -0.3 is 10.2 Å². The van der Waals surface area contributed by atoms with Crippen molar-refractivity contribution in [3.63, 3.8) is 0 Å². The van der Waals surface area contributed by atoms with Crippen LogP contribution in [0.3, 0.4) is 0 Å². The molecule has 0 aromatic carbocycles. The third-order valence-corrected chi connectivity index (χ3v) is 6.57. The van der Waals surface area contributed by atoms with Crippen LogP contribution in [0.5, 0.6) is 0 Å². The summed E-state index contributed by atoms with van der Waals surface area (Å²) in [7, 11) is 0. The van der Waals surface area contributed by atoms with Crippen LogP contribution < -0.4 is 5.32 Å². The number of nitrogens with one attached hydrogen (secondary N) is 1. The second-order valence-corrected chi connectivity index (χ2v) is 8.18. The molecule has 1 aliphatic carbocycles. The van der Waals surface area contributed by atoms with E-state index >= 15 is 0 Å². The monoisotopic (exact) mass is 349 g/mol. The lowest BCUT2D eigenvalue weighted by atomic mass is 9.94. The van der Waals surface area contributed by atoms with Crippen LogP contribution in [0.2, 0.25) is 0 Å². The van der Waals surface area contributed by atoms with Gasteiger partial charge in [0.25, 0.3) is 0 Å². The zero-order valence-electron chi connectivity index (χ0n) is 15.8. The third kappa shape index (κ3) is 4.96. The van der Waals surface area contributed by atoms with Crippen molar-refractivity contribution < 1.29 is 9.59 Å². The van der Waals surface area contributed by atoms with Crippen molar-refractivity contribution in [2.75, 3.05) is 32.7 Å². The van der Waals surface area contributed by atoms with Crippen LogP contribution in [0.15, 0.2) is 0 Å². The summed E-state index contributed by atoms with van der Waals surface area (Å²) in [5.74, 6) is 1.22. The summed E-state index contributed by atoms with van der Waals surface area (Å²) in [6, 6.07) is 0.516. The Morgan fingerprint density at radius 3 is 2.36 bits per heavy atom. The van der Waals surface area contributed by atoms with Crippen molar-refractivity contribution in [3.8, 4) is 0 Å². The molecule has 2 aliphatic heterocycles. The lowest BCUT2D eigenvalue weighted by molar-refractivity contribution is -0.136. The summed E-state index contributed by atoms with van der Waals surface area (Å²) in [4.78, 5) is 29.4. The fraction of sp³-hybridized carbons (Fsp3) is 0.900. The highest BCUT2D eigenvalue weighted by atomic mass is 16.2. The molecule has 3 rings (SSSR count). The Balaban J connectivity index is 1.36. The summed E-state index contributed by atoms with van der Waals surface area (Å²) in [6.07, 6.45) is 9.84. The molecule has 0 radical (unpaired) electrons. The normalized spacial score (nSPS) is 26.3. The van der Waals surface area contributed by atoms with Gasteiger partial charge in [-0.2, -0.15) is 0 Å². The zero-order chi connectivity index (χ0) is 17.6. The molecule has 0 unspecified atom stereocenters. The molecule has 0 aromatic heterocycles. The van der Waals surface area contributed by atoms with Gasteiger partial charge in [-0.15, -0.1) is 0 Å². The van der Waals surface area contributed by atoms with Gasteiger partial charge in [-0.05, 0) is 57.5 Å². The Kier molecular flexibility index (Phi) is 6.74. The molecule has 5 heteroatoms. The highest BCUT2D eigenvalue weighted by Gasteiger charge is 2.30. The van der Waals surface area contributed by atoms with Crippen LogP contribution in [0.25, 0.3) is 0 Å². The second kappa shape index (κ2) is 9.02. The first-order chi connectivity index (χ1) is 12.2. The molecule has 0 bridgehead atoms. The number of piperidine rings is 1. The van der Waals surface area contributed by atoms with Crippen molar-refractivity contribution >= 4 is 11.8 Å². The average molecular weight is 350 g/mol. The number of likely N-dealkylation sites (tertiary alicyclic amines) is 2. The van der Waals surface area contributed by atoms with Crippen molar-refractivity contribution in [1.29, 1.82) is 0 Å². The maximum absolute atomic E-state index is 12.5. The Morgan fingerprint density at radius 1 is 0.960 bits per heavy atom. The van der Waals surface area contributed by atoms with Gasteiger partial charge in [-0.1, -0.05) is 19.8 Å². The molecule has 1 N–H and O–H groups in total. The predicted octanol–water partition coefficient (Wildman–Crippen LogP) is 2.41. The first kappa shape index (κ1) is 18.7. The lowest BCUT2D eigenvalue weighted by Crippen LogP contribution is -2.46. The number of nitrogens with zero attached hydrogens (tertiary/aromatic N) is 2. The van der Waals surface area contributed by atoms with E-state index in [1.54, 1.807) is 0 Å². The molecule has 1 atom stereocenters. The number of hydrogen-bond acceptors (Lipinski definition) is 3. The first-order valence-corrected chi connectivity index (χ1v) is 10.5. The molecule has 2 saturated heterocycles. The number of hydrogen-bond donors (Lipinski definition) is 1. The fourth-order valence-electron chi connectivity index (χ4n) is 4.89.